The average molecular weight is 248 g/mol. The Labute approximate surface area is 105 Å². The second-order valence-electron chi connectivity index (χ2n) is 4.47. The quantitative estimate of drug-likeness (QED) is 0.858. The summed E-state index contributed by atoms with van der Waals surface area (Å²) in [4.78, 5) is 12.6. The minimum Gasteiger partial charge on any atom is -0.397 e. The molecule has 0 aliphatic carbocycles. The van der Waals surface area contributed by atoms with Crippen LogP contribution in [0.15, 0.2) is 18.2 Å². The molecule has 0 saturated heterocycles. The third kappa shape index (κ3) is 2.26. The van der Waals surface area contributed by atoms with Gasteiger partial charge >= 0.3 is 0 Å². The van der Waals surface area contributed by atoms with Gasteiger partial charge in [-0.1, -0.05) is 12.1 Å². The number of nitrogens with one attached hydrogen (secondary N) is 1. The van der Waals surface area contributed by atoms with Gasteiger partial charge in [-0.25, -0.2) is 0 Å². The molecule has 0 radical (unpaired) electrons. The first kappa shape index (κ1) is 11.9. The fourth-order valence-electron chi connectivity index (χ4n) is 1.72. The first-order valence-electron chi connectivity index (χ1n) is 5.58. The van der Waals surface area contributed by atoms with E-state index >= 15 is 0 Å². The van der Waals surface area contributed by atoms with Crippen molar-refractivity contribution in [1.82, 2.24) is 5.32 Å². The van der Waals surface area contributed by atoms with E-state index in [1.54, 1.807) is 0 Å². The Balaban J connectivity index is 2.48. The van der Waals surface area contributed by atoms with Gasteiger partial charge in [-0.15, -0.1) is 11.3 Å². The number of nitrogens with two attached hydrogens (primary N) is 1. The average Bonchev–Trinajstić information content (AvgIpc) is 2.54. The summed E-state index contributed by atoms with van der Waals surface area (Å²) < 4.78 is 1.07. The number of carbonyl (C=O) groups is 1. The fraction of sp³-hybridized carbons (Fsp3) is 0.308. The smallest absolute Gasteiger partial charge is 0.263 e. The van der Waals surface area contributed by atoms with Crippen molar-refractivity contribution in [3.63, 3.8) is 0 Å². The molecule has 0 aliphatic rings. The van der Waals surface area contributed by atoms with Gasteiger partial charge in [0.15, 0.2) is 0 Å². The van der Waals surface area contributed by atoms with Gasteiger partial charge in [-0.2, -0.15) is 0 Å². The molecular formula is C13H16N2OS. The normalized spacial score (nSPS) is 11.1. The van der Waals surface area contributed by atoms with Crippen LogP contribution >= 0.6 is 11.3 Å². The van der Waals surface area contributed by atoms with E-state index < -0.39 is 0 Å². The predicted molar refractivity (Wildman–Crippen MR) is 73.6 cm³/mol. The van der Waals surface area contributed by atoms with Crippen molar-refractivity contribution in [1.29, 1.82) is 0 Å². The van der Waals surface area contributed by atoms with Crippen LogP contribution in [0.3, 0.4) is 0 Å². The Morgan fingerprint density at radius 3 is 2.76 bits per heavy atom. The maximum Gasteiger partial charge on any atom is 0.263 e. The van der Waals surface area contributed by atoms with Crippen molar-refractivity contribution >= 4 is 33.0 Å². The summed E-state index contributed by atoms with van der Waals surface area (Å²) in [6, 6.07) is 6.16. The number of thiophene rings is 1. The van der Waals surface area contributed by atoms with Gasteiger partial charge < -0.3 is 11.1 Å². The molecule has 1 heterocycles. The lowest BCUT2D eigenvalue weighted by atomic mass is 10.1. The Kier molecular flexibility index (Phi) is 3.07. The first-order valence-corrected chi connectivity index (χ1v) is 6.40. The van der Waals surface area contributed by atoms with Crippen LogP contribution in [0.2, 0.25) is 0 Å². The van der Waals surface area contributed by atoms with Crippen LogP contribution in [-0.4, -0.2) is 11.9 Å². The molecule has 0 unspecified atom stereocenters. The second kappa shape index (κ2) is 4.37. The third-order valence-corrected chi connectivity index (χ3v) is 3.68. The predicted octanol–water partition coefficient (Wildman–Crippen LogP) is 2.93. The van der Waals surface area contributed by atoms with Gasteiger partial charge in [0.1, 0.15) is 4.88 Å². The van der Waals surface area contributed by atoms with E-state index in [1.165, 1.54) is 16.9 Å². The number of hydrogen-bond donors (Lipinski definition) is 2. The van der Waals surface area contributed by atoms with Crippen LogP contribution in [0, 0.1) is 6.92 Å². The zero-order valence-corrected chi connectivity index (χ0v) is 11.0. The SMILES string of the molecule is Cc1ccc2c(N)c(C(=O)NC(C)C)sc2c1. The molecule has 1 aromatic heterocycles. The number of rotatable bonds is 2. The minimum atomic E-state index is -0.0867. The summed E-state index contributed by atoms with van der Waals surface area (Å²) in [5.74, 6) is -0.0867. The Morgan fingerprint density at radius 1 is 1.41 bits per heavy atom. The number of fused-ring (bicyclic) bond motifs is 1. The molecule has 0 bridgehead atoms. The summed E-state index contributed by atoms with van der Waals surface area (Å²) in [6.45, 7) is 5.90. The number of benzene rings is 1. The molecule has 0 fully saturated rings. The monoisotopic (exact) mass is 248 g/mol. The molecule has 2 rings (SSSR count). The maximum atomic E-state index is 11.9. The molecule has 0 saturated carbocycles. The topological polar surface area (TPSA) is 55.1 Å². The van der Waals surface area contributed by atoms with Crippen molar-refractivity contribution in [3.8, 4) is 0 Å². The Morgan fingerprint density at radius 2 is 2.12 bits per heavy atom. The Hall–Kier alpha value is -1.55. The highest BCUT2D eigenvalue weighted by atomic mass is 32.1. The second-order valence-corrected chi connectivity index (χ2v) is 5.52. The molecule has 3 N–H and O–H groups in total. The summed E-state index contributed by atoms with van der Waals surface area (Å²) in [5, 5.41) is 3.83. The van der Waals surface area contributed by atoms with Crippen molar-refractivity contribution in [2.75, 3.05) is 5.73 Å². The van der Waals surface area contributed by atoms with Gasteiger partial charge in [0, 0.05) is 16.1 Å². The van der Waals surface area contributed by atoms with Crippen LogP contribution in [0.5, 0.6) is 0 Å². The molecule has 0 atom stereocenters. The molecule has 90 valence electrons. The van der Waals surface area contributed by atoms with Crippen molar-refractivity contribution in [2.24, 2.45) is 0 Å². The maximum absolute atomic E-state index is 11.9. The molecule has 0 spiro atoms. The zero-order valence-electron chi connectivity index (χ0n) is 10.2. The highest BCUT2D eigenvalue weighted by Crippen LogP contribution is 2.34. The highest BCUT2D eigenvalue weighted by molar-refractivity contribution is 7.21. The van der Waals surface area contributed by atoms with E-state index in [-0.39, 0.29) is 11.9 Å². The lowest BCUT2D eigenvalue weighted by molar-refractivity contribution is 0.0948. The van der Waals surface area contributed by atoms with Crippen LogP contribution in [0.1, 0.15) is 29.1 Å². The van der Waals surface area contributed by atoms with E-state index in [9.17, 15) is 4.79 Å². The molecule has 1 aromatic carbocycles. The van der Waals surface area contributed by atoms with Gasteiger partial charge in [-0.05, 0) is 32.4 Å². The third-order valence-electron chi connectivity index (χ3n) is 2.51. The summed E-state index contributed by atoms with van der Waals surface area (Å²) >= 11 is 1.45. The molecule has 4 heteroatoms. The lowest BCUT2D eigenvalue weighted by Gasteiger charge is -2.06. The largest absolute Gasteiger partial charge is 0.397 e. The van der Waals surface area contributed by atoms with Crippen molar-refractivity contribution in [2.45, 2.75) is 26.8 Å². The van der Waals surface area contributed by atoms with Gasteiger partial charge in [0.2, 0.25) is 0 Å². The van der Waals surface area contributed by atoms with E-state index in [1.807, 2.05) is 32.9 Å². The standard InChI is InChI=1S/C13H16N2OS/c1-7(2)15-13(16)12-11(14)9-5-4-8(3)6-10(9)17-12/h4-7H,14H2,1-3H3,(H,15,16). The number of aryl methyl sites for hydroxylation is 1. The van der Waals surface area contributed by atoms with Crippen LogP contribution < -0.4 is 11.1 Å². The molecule has 17 heavy (non-hydrogen) atoms. The van der Waals surface area contributed by atoms with Crippen molar-refractivity contribution in [3.05, 3.63) is 28.6 Å². The van der Waals surface area contributed by atoms with Crippen molar-refractivity contribution < 1.29 is 4.79 Å². The van der Waals surface area contributed by atoms with E-state index in [0.29, 0.717) is 10.6 Å². The fourth-order valence-corrected chi connectivity index (χ4v) is 2.84. The minimum absolute atomic E-state index is 0.0867. The highest BCUT2D eigenvalue weighted by Gasteiger charge is 2.16. The number of hydrogen-bond acceptors (Lipinski definition) is 3. The van der Waals surface area contributed by atoms with Gasteiger partial charge in [-0.3, -0.25) is 4.79 Å². The molecule has 1 amide bonds. The lowest BCUT2D eigenvalue weighted by Crippen LogP contribution is -2.29. The molecule has 2 aromatic rings. The molecule has 0 aliphatic heterocycles. The van der Waals surface area contributed by atoms with E-state index in [4.69, 9.17) is 5.73 Å². The number of carbonyl (C=O) groups excluding carboxylic acids is 1. The Bertz CT molecular complexity index is 572. The van der Waals surface area contributed by atoms with Crippen LogP contribution in [-0.2, 0) is 0 Å². The van der Waals surface area contributed by atoms with E-state index in [2.05, 4.69) is 11.4 Å². The summed E-state index contributed by atoms with van der Waals surface area (Å²) in [7, 11) is 0. The first-order chi connectivity index (χ1) is 7.99. The van der Waals surface area contributed by atoms with E-state index in [0.717, 1.165) is 10.1 Å². The number of amides is 1. The number of anilines is 1. The zero-order chi connectivity index (χ0) is 12.6. The number of nitrogen functional groups attached to an aromatic ring is 1. The molecule has 3 nitrogen and oxygen atoms in total. The summed E-state index contributed by atoms with van der Waals surface area (Å²) in [5.41, 5.74) is 7.78. The van der Waals surface area contributed by atoms with Crippen LogP contribution in [0.25, 0.3) is 10.1 Å². The molecular weight excluding hydrogens is 232 g/mol. The van der Waals surface area contributed by atoms with Gasteiger partial charge in [0.05, 0.1) is 5.69 Å². The van der Waals surface area contributed by atoms with Gasteiger partial charge in [0.25, 0.3) is 5.91 Å². The van der Waals surface area contributed by atoms with Crippen LogP contribution in [0.4, 0.5) is 5.69 Å². The summed E-state index contributed by atoms with van der Waals surface area (Å²) in [6.07, 6.45) is 0.